The van der Waals surface area contributed by atoms with Gasteiger partial charge in [0.25, 0.3) is 5.56 Å². The third-order valence-corrected chi connectivity index (χ3v) is 4.14. The smallest absolute Gasteiger partial charge is 0.263 e. The van der Waals surface area contributed by atoms with Crippen LogP contribution < -0.4 is 10.5 Å². The first-order chi connectivity index (χ1) is 10.7. The number of rotatable bonds is 2. The van der Waals surface area contributed by atoms with E-state index in [0.717, 1.165) is 18.5 Å². The van der Waals surface area contributed by atoms with E-state index in [2.05, 4.69) is 20.2 Å². The summed E-state index contributed by atoms with van der Waals surface area (Å²) in [7, 11) is 0. The zero-order valence-electron chi connectivity index (χ0n) is 11.7. The molecule has 3 aromatic rings. The van der Waals surface area contributed by atoms with Gasteiger partial charge in [-0.15, -0.1) is 0 Å². The standard InChI is InChI=1S/C15H14FN5O/c16-12-4-2-1-3-10(12)9-5-6-21(8-9)15-18-13-11(7-17-20-13)14(22)19-15/h1-4,7,9H,5-6,8H2,(H2,17,18,19,20,22). The van der Waals surface area contributed by atoms with Crippen LogP contribution in [0.25, 0.3) is 11.0 Å². The van der Waals surface area contributed by atoms with Crippen LogP contribution in [-0.2, 0) is 0 Å². The molecule has 22 heavy (non-hydrogen) atoms. The van der Waals surface area contributed by atoms with Crippen molar-refractivity contribution in [1.29, 1.82) is 0 Å². The molecule has 3 heterocycles. The van der Waals surface area contributed by atoms with Crippen LogP contribution in [0.1, 0.15) is 17.9 Å². The predicted octanol–water partition coefficient (Wildman–Crippen LogP) is 1.78. The highest BCUT2D eigenvalue weighted by Gasteiger charge is 2.27. The van der Waals surface area contributed by atoms with Gasteiger partial charge in [-0.2, -0.15) is 10.1 Å². The molecule has 0 saturated carbocycles. The lowest BCUT2D eigenvalue weighted by Gasteiger charge is -2.17. The van der Waals surface area contributed by atoms with Crippen LogP contribution in [0.4, 0.5) is 10.3 Å². The van der Waals surface area contributed by atoms with Crippen molar-refractivity contribution in [3.8, 4) is 0 Å². The minimum atomic E-state index is -0.219. The van der Waals surface area contributed by atoms with E-state index in [1.165, 1.54) is 12.3 Å². The lowest BCUT2D eigenvalue weighted by atomic mass is 9.98. The number of benzene rings is 1. The molecule has 7 heteroatoms. The topological polar surface area (TPSA) is 77.7 Å². The van der Waals surface area contributed by atoms with Crippen molar-refractivity contribution < 1.29 is 4.39 Å². The number of aromatic amines is 2. The fraction of sp³-hybridized carbons (Fsp3) is 0.267. The number of aromatic nitrogens is 4. The summed E-state index contributed by atoms with van der Waals surface area (Å²) in [5.41, 5.74) is 0.964. The predicted molar refractivity (Wildman–Crippen MR) is 80.5 cm³/mol. The molecule has 4 rings (SSSR count). The number of halogens is 1. The molecule has 0 spiro atoms. The second kappa shape index (κ2) is 4.94. The number of anilines is 1. The zero-order valence-corrected chi connectivity index (χ0v) is 11.7. The van der Waals surface area contributed by atoms with Gasteiger partial charge in [0, 0.05) is 19.0 Å². The van der Waals surface area contributed by atoms with Gasteiger partial charge < -0.3 is 4.90 Å². The SMILES string of the molecule is O=c1[nH]c(N2CCC(c3ccccc3F)C2)nc2[nH]ncc12. The molecule has 0 aliphatic carbocycles. The van der Waals surface area contributed by atoms with E-state index in [1.54, 1.807) is 6.07 Å². The van der Waals surface area contributed by atoms with Gasteiger partial charge in [-0.05, 0) is 18.1 Å². The maximum atomic E-state index is 13.9. The third-order valence-electron chi connectivity index (χ3n) is 4.14. The molecule has 6 nitrogen and oxygen atoms in total. The molecule has 0 radical (unpaired) electrons. The lowest BCUT2D eigenvalue weighted by molar-refractivity contribution is 0.589. The first kappa shape index (κ1) is 13.0. The quantitative estimate of drug-likeness (QED) is 0.756. The monoisotopic (exact) mass is 299 g/mol. The number of nitrogens with one attached hydrogen (secondary N) is 2. The molecule has 1 aliphatic heterocycles. The van der Waals surface area contributed by atoms with Crippen molar-refractivity contribution >= 4 is 17.0 Å². The third kappa shape index (κ3) is 2.05. The molecule has 112 valence electrons. The Bertz CT molecular complexity index is 887. The Balaban J connectivity index is 1.64. The number of fused-ring (bicyclic) bond motifs is 1. The van der Waals surface area contributed by atoms with Crippen LogP contribution >= 0.6 is 0 Å². The first-order valence-electron chi connectivity index (χ1n) is 7.15. The van der Waals surface area contributed by atoms with Gasteiger partial charge in [-0.1, -0.05) is 18.2 Å². The molecule has 0 bridgehead atoms. The molecule has 1 unspecified atom stereocenters. The number of hydrogen-bond acceptors (Lipinski definition) is 4. The minimum absolute atomic E-state index is 0.101. The normalized spacial score (nSPS) is 18.2. The second-order valence-corrected chi connectivity index (χ2v) is 5.47. The number of H-pyrrole nitrogens is 2. The molecule has 0 amide bonds. The van der Waals surface area contributed by atoms with E-state index in [1.807, 2.05) is 17.0 Å². The Morgan fingerprint density at radius 2 is 2.18 bits per heavy atom. The van der Waals surface area contributed by atoms with Crippen molar-refractivity contribution in [3.05, 3.63) is 52.2 Å². The summed E-state index contributed by atoms with van der Waals surface area (Å²) >= 11 is 0. The molecular formula is C15H14FN5O. The minimum Gasteiger partial charge on any atom is -0.342 e. The first-order valence-corrected chi connectivity index (χ1v) is 7.15. The molecule has 2 N–H and O–H groups in total. The average Bonchev–Trinajstić information content (AvgIpc) is 3.16. The van der Waals surface area contributed by atoms with Gasteiger partial charge in [0.2, 0.25) is 5.95 Å². The summed E-state index contributed by atoms with van der Waals surface area (Å²) in [6, 6.07) is 6.83. The van der Waals surface area contributed by atoms with Gasteiger partial charge in [-0.25, -0.2) is 4.39 Å². The maximum Gasteiger partial charge on any atom is 0.263 e. The van der Waals surface area contributed by atoms with Crippen molar-refractivity contribution in [1.82, 2.24) is 20.2 Å². The van der Waals surface area contributed by atoms with E-state index in [9.17, 15) is 9.18 Å². The van der Waals surface area contributed by atoms with E-state index in [-0.39, 0.29) is 17.3 Å². The Kier molecular flexibility index (Phi) is 2.92. The molecule has 1 aromatic carbocycles. The summed E-state index contributed by atoms with van der Waals surface area (Å²) < 4.78 is 13.9. The van der Waals surface area contributed by atoms with Crippen molar-refractivity contribution in [2.45, 2.75) is 12.3 Å². The van der Waals surface area contributed by atoms with Crippen molar-refractivity contribution in [2.75, 3.05) is 18.0 Å². The van der Waals surface area contributed by atoms with Crippen LogP contribution in [0, 0.1) is 5.82 Å². The summed E-state index contributed by atoms with van der Waals surface area (Å²) in [6.07, 6.45) is 2.28. The van der Waals surface area contributed by atoms with Gasteiger partial charge >= 0.3 is 0 Å². The van der Waals surface area contributed by atoms with Crippen LogP contribution in [0.5, 0.6) is 0 Å². The van der Waals surface area contributed by atoms with Crippen LogP contribution in [-0.4, -0.2) is 33.3 Å². The van der Waals surface area contributed by atoms with Crippen LogP contribution in [0.3, 0.4) is 0 Å². The van der Waals surface area contributed by atoms with E-state index in [0.29, 0.717) is 23.5 Å². The summed E-state index contributed by atoms with van der Waals surface area (Å²) in [5.74, 6) is 0.421. The van der Waals surface area contributed by atoms with Crippen molar-refractivity contribution in [3.63, 3.8) is 0 Å². The Morgan fingerprint density at radius 3 is 3.05 bits per heavy atom. The molecule has 2 aromatic heterocycles. The Labute approximate surface area is 125 Å². The van der Waals surface area contributed by atoms with E-state index < -0.39 is 0 Å². The molecule has 1 saturated heterocycles. The molecular weight excluding hydrogens is 285 g/mol. The van der Waals surface area contributed by atoms with Gasteiger partial charge in [-0.3, -0.25) is 14.9 Å². The van der Waals surface area contributed by atoms with E-state index >= 15 is 0 Å². The Morgan fingerprint density at radius 1 is 1.32 bits per heavy atom. The highest BCUT2D eigenvalue weighted by molar-refractivity contribution is 5.73. The van der Waals surface area contributed by atoms with Gasteiger partial charge in [0.15, 0.2) is 5.65 Å². The second-order valence-electron chi connectivity index (χ2n) is 5.47. The molecule has 1 aliphatic rings. The zero-order chi connectivity index (χ0) is 15.1. The Hall–Kier alpha value is -2.70. The highest BCUT2D eigenvalue weighted by atomic mass is 19.1. The number of hydrogen-bond donors (Lipinski definition) is 2. The van der Waals surface area contributed by atoms with Crippen LogP contribution in [0.15, 0.2) is 35.3 Å². The average molecular weight is 299 g/mol. The molecule has 1 fully saturated rings. The van der Waals surface area contributed by atoms with E-state index in [4.69, 9.17) is 0 Å². The number of nitrogens with zero attached hydrogens (tertiary/aromatic N) is 3. The van der Waals surface area contributed by atoms with Gasteiger partial charge in [0.05, 0.1) is 6.20 Å². The fourth-order valence-electron chi connectivity index (χ4n) is 3.00. The summed E-state index contributed by atoms with van der Waals surface area (Å²) in [5, 5.41) is 6.98. The van der Waals surface area contributed by atoms with Crippen LogP contribution in [0.2, 0.25) is 0 Å². The fourth-order valence-corrected chi connectivity index (χ4v) is 3.00. The van der Waals surface area contributed by atoms with Gasteiger partial charge in [0.1, 0.15) is 11.2 Å². The highest BCUT2D eigenvalue weighted by Crippen LogP contribution is 2.30. The lowest BCUT2D eigenvalue weighted by Crippen LogP contribution is -2.24. The molecule has 1 atom stereocenters. The summed E-state index contributed by atoms with van der Waals surface area (Å²) in [4.78, 5) is 21.1. The largest absolute Gasteiger partial charge is 0.342 e. The van der Waals surface area contributed by atoms with Crippen molar-refractivity contribution in [2.24, 2.45) is 0 Å². The maximum absolute atomic E-state index is 13.9. The summed E-state index contributed by atoms with van der Waals surface area (Å²) in [6.45, 7) is 1.35.